The van der Waals surface area contributed by atoms with E-state index in [0.717, 1.165) is 70.6 Å². The monoisotopic (exact) mass is 337 g/mol. The van der Waals surface area contributed by atoms with Crippen molar-refractivity contribution in [1.29, 1.82) is 0 Å². The van der Waals surface area contributed by atoms with E-state index in [9.17, 15) is 5.11 Å². The minimum Gasteiger partial charge on any atom is -0.388 e. The van der Waals surface area contributed by atoms with Crippen LogP contribution in [0.15, 0.2) is 0 Å². The van der Waals surface area contributed by atoms with Gasteiger partial charge in [-0.25, -0.2) is 4.98 Å². The zero-order valence-electron chi connectivity index (χ0n) is 15.5. The predicted octanol–water partition coefficient (Wildman–Crippen LogP) is 0.419. The molecule has 7 heteroatoms. The quantitative estimate of drug-likeness (QED) is 0.859. The van der Waals surface area contributed by atoms with E-state index in [-0.39, 0.29) is 5.41 Å². The molecule has 0 bridgehead atoms. The standard InChI is InChI=1S/C17H31N5O2/c1-14-18-15(20(4)19-14)11-22-6-5-17(23,16(2,3)12-22)13-21-7-9-24-10-8-21/h23H,5-13H2,1-4H3. The summed E-state index contributed by atoms with van der Waals surface area (Å²) < 4.78 is 7.28. The largest absolute Gasteiger partial charge is 0.388 e. The van der Waals surface area contributed by atoms with Crippen LogP contribution in [0.2, 0.25) is 0 Å². The number of ether oxygens (including phenoxy) is 1. The highest BCUT2D eigenvalue weighted by Gasteiger charge is 2.48. The van der Waals surface area contributed by atoms with Crippen LogP contribution in [-0.4, -0.2) is 81.2 Å². The lowest BCUT2D eigenvalue weighted by Crippen LogP contribution is -2.62. The van der Waals surface area contributed by atoms with E-state index in [4.69, 9.17) is 4.74 Å². The number of β-amino-alcohol motifs (C(OH)–C–C–N with tert-alkyl or cyclic N) is 1. The van der Waals surface area contributed by atoms with Crippen LogP contribution in [0.1, 0.15) is 31.9 Å². The summed E-state index contributed by atoms with van der Waals surface area (Å²) >= 11 is 0. The number of hydrogen-bond acceptors (Lipinski definition) is 6. The van der Waals surface area contributed by atoms with Crippen LogP contribution in [0, 0.1) is 12.3 Å². The van der Waals surface area contributed by atoms with Gasteiger partial charge in [-0.05, 0) is 13.3 Å². The molecule has 0 saturated carbocycles. The minimum absolute atomic E-state index is 0.169. The molecule has 1 aromatic rings. The van der Waals surface area contributed by atoms with Crippen LogP contribution >= 0.6 is 0 Å². The summed E-state index contributed by atoms with van der Waals surface area (Å²) in [4.78, 5) is 9.23. The molecule has 1 aromatic heterocycles. The fourth-order valence-corrected chi connectivity index (χ4v) is 3.92. The number of morpholine rings is 1. The molecule has 3 rings (SSSR count). The highest BCUT2D eigenvalue weighted by molar-refractivity contribution is 5.02. The number of rotatable bonds is 4. The molecule has 0 aliphatic carbocycles. The Morgan fingerprint density at radius 2 is 1.88 bits per heavy atom. The molecule has 0 spiro atoms. The SMILES string of the molecule is Cc1nc(CN2CCC(O)(CN3CCOCC3)C(C)(C)C2)n(C)n1. The van der Waals surface area contributed by atoms with Gasteiger partial charge in [-0.15, -0.1) is 0 Å². The van der Waals surface area contributed by atoms with Crippen LogP contribution in [0.4, 0.5) is 0 Å². The first-order valence-corrected chi connectivity index (χ1v) is 8.90. The molecule has 2 aliphatic heterocycles. The van der Waals surface area contributed by atoms with Gasteiger partial charge in [-0.1, -0.05) is 13.8 Å². The van der Waals surface area contributed by atoms with Gasteiger partial charge >= 0.3 is 0 Å². The Labute approximate surface area is 144 Å². The lowest BCUT2D eigenvalue weighted by molar-refractivity contribution is -0.141. The van der Waals surface area contributed by atoms with E-state index in [1.807, 2.05) is 18.7 Å². The topological polar surface area (TPSA) is 66.7 Å². The molecule has 7 nitrogen and oxygen atoms in total. The van der Waals surface area contributed by atoms with Crippen molar-refractivity contribution in [1.82, 2.24) is 24.6 Å². The predicted molar refractivity (Wildman–Crippen MR) is 91.6 cm³/mol. The van der Waals surface area contributed by atoms with Crippen LogP contribution in [0.25, 0.3) is 0 Å². The molecule has 2 saturated heterocycles. The first kappa shape index (κ1) is 17.8. The van der Waals surface area contributed by atoms with Crippen molar-refractivity contribution in [3.05, 3.63) is 11.6 Å². The van der Waals surface area contributed by atoms with Gasteiger partial charge < -0.3 is 9.84 Å². The lowest BCUT2D eigenvalue weighted by Gasteiger charge is -2.52. The summed E-state index contributed by atoms with van der Waals surface area (Å²) in [5.74, 6) is 1.80. The van der Waals surface area contributed by atoms with E-state index in [1.165, 1.54) is 0 Å². The number of aromatic nitrogens is 3. The highest BCUT2D eigenvalue weighted by atomic mass is 16.5. The Balaban J connectivity index is 1.64. The van der Waals surface area contributed by atoms with Gasteiger partial charge in [0.2, 0.25) is 0 Å². The summed E-state index contributed by atoms with van der Waals surface area (Å²) in [5.41, 5.74) is -0.826. The van der Waals surface area contributed by atoms with Crippen molar-refractivity contribution >= 4 is 0 Å². The van der Waals surface area contributed by atoms with E-state index in [1.54, 1.807) is 0 Å². The Morgan fingerprint density at radius 3 is 2.46 bits per heavy atom. The maximum atomic E-state index is 11.4. The molecular formula is C17H31N5O2. The van der Waals surface area contributed by atoms with E-state index in [2.05, 4.69) is 33.7 Å². The second-order valence-corrected chi connectivity index (χ2v) is 7.96. The molecule has 0 radical (unpaired) electrons. The van der Waals surface area contributed by atoms with Crippen LogP contribution in [0.3, 0.4) is 0 Å². The molecule has 0 aromatic carbocycles. The van der Waals surface area contributed by atoms with Gasteiger partial charge in [0.05, 0.1) is 25.4 Å². The Kier molecular flexibility index (Phi) is 4.97. The summed E-state index contributed by atoms with van der Waals surface area (Å²) in [6.07, 6.45) is 0.786. The molecule has 136 valence electrons. The number of nitrogens with zero attached hydrogens (tertiary/aromatic N) is 5. The third-order valence-corrected chi connectivity index (χ3v) is 5.63. The summed E-state index contributed by atoms with van der Waals surface area (Å²) in [5, 5.41) is 15.7. The van der Waals surface area contributed by atoms with E-state index in [0.29, 0.717) is 0 Å². The van der Waals surface area contributed by atoms with Gasteiger partial charge in [-0.3, -0.25) is 14.5 Å². The second-order valence-electron chi connectivity index (χ2n) is 7.96. The van der Waals surface area contributed by atoms with Crippen LogP contribution in [0.5, 0.6) is 0 Å². The number of aryl methyl sites for hydroxylation is 2. The Hall–Kier alpha value is -1.02. The molecular weight excluding hydrogens is 306 g/mol. The van der Waals surface area contributed by atoms with Crippen molar-refractivity contribution in [2.45, 2.75) is 39.3 Å². The zero-order chi connectivity index (χ0) is 17.4. The molecule has 2 aliphatic rings. The van der Waals surface area contributed by atoms with Crippen molar-refractivity contribution in [2.24, 2.45) is 12.5 Å². The van der Waals surface area contributed by atoms with Crippen molar-refractivity contribution in [3.8, 4) is 0 Å². The Morgan fingerprint density at radius 1 is 1.17 bits per heavy atom. The average Bonchev–Trinajstić information content (AvgIpc) is 2.82. The molecule has 1 N–H and O–H groups in total. The number of piperidine rings is 1. The maximum absolute atomic E-state index is 11.4. The fourth-order valence-electron chi connectivity index (χ4n) is 3.92. The van der Waals surface area contributed by atoms with Gasteiger partial charge in [-0.2, -0.15) is 5.10 Å². The smallest absolute Gasteiger partial charge is 0.147 e. The van der Waals surface area contributed by atoms with E-state index < -0.39 is 5.60 Å². The third-order valence-electron chi connectivity index (χ3n) is 5.63. The van der Waals surface area contributed by atoms with Crippen LogP contribution in [-0.2, 0) is 18.3 Å². The van der Waals surface area contributed by atoms with Crippen LogP contribution < -0.4 is 0 Å². The van der Waals surface area contributed by atoms with Gasteiger partial charge in [0, 0.05) is 45.2 Å². The molecule has 0 amide bonds. The summed E-state index contributed by atoms with van der Waals surface area (Å²) in [6, 6.07) is 0. The average molecular weight is 337 g/mol. The second kappa shape index (κ2) is 6.71. The number of likely N-dealkylation sites (tertiary alicyclic amines) is 1. The lowest BCUT2D eigenvalue weighted by atomic mass is 9.69. The van der Waals surface area contributed by atoms with Crippen molar-refractivity contribution < 1.29 is 9.84 Å². The Bertz CT molecular complexity index is 567. The number of hydrogen-bond donors (Lipinski definition) is 1. The first-order valence-electron chi connectivity index (χ1n) is 8.90. The molecule has 2 fully saturated rings. The molecule has 1 unspecified atom stereocenters. The summed E-state index contributed by atoms with van der Waals surface area (Å²) in [7, 11) is 1.94. The highest BCUT2D eigenvalue weighted by Crippen LogP contribution is 2.39. The number of aliphatic hydroxyl groups is 1. The normalized spacial score (nSPS) is 29.0. The van der Waals surface area contributed by atoms with Crippen molar-refractivity contribution in [3.63, 3.8) is 0 Å². The van der Waals surface area contributed by atoms with Gasteiger partial charge in [0.15, 0.2) is 0 Å². The van der Waals surface area contributed by atoms with Crippen molar-refractivity contribution in [2.75, 3.05) is 45.9 Å². The summed E-state index contributed by atoms with van der Waals surface area (Å²) in [6.45, 7) is 12.9. The maximum Gasteiger partial charge on any atom is 0.147 e. The van der Waals surface area contributed by atoms with Gasteiger partial charge in [0.25, 0.3) is 0 Å². The fraction of sp³-hybridized carbons (Fsp3) is 0.882. The molecule has 1 atom stereocenters. The van der Waals surface area contributed by atoms with Gasteiger partial charge in [0.1, 0.15) is 11.6 Å². The van der Waals surface area contributed by atoms with E-state index >= 15 is 0 Å². The third kappa shape index (κ3) is 3.64. The minimum atomic E-state index is -0.656. The molecule has 3 heterocycles. The first-order chi connectivity index (χ1) is 11.3. The zero-order valence-corrected chi connectivity index (χ0v) is 15.5. The molecule has 24 heavy (non-hydrogen) atoms.